The van der Waals surface area contributed by atoms with E-state index in [-0.39, 0.29) is 11.8 Å². The first kappa shape index (κ1) is 17.4. The summed E-state index contributed by atoms with van der Waals surface area (Å²) in [6, 6.07) is 9.88. The van der Waals surface area contributed by atoms with Gasteiger partial charge in [0.05, 0.1) is 6.54 Å². The minimum atomic E-state index is 0.0313. The number of piperazine rings is 1. The molecule has 23 heavy (non-hydrogen) atoms. The molecule has 6 nitrogen and oxygen atoms in total. The Kier molecular flexibility index (Phi) is 7.03. The minimum absolute atomic E-state index is 0.0313. The molecule has 0 unspecified atom stereocenters. The average Bonchev–Trinajstić information content (AvgIpc) is 2.59. The van der Waals surface area contributed by atoms with Crippen LogP contribution >= 0.6 is 0 Å². The number of hydrogen-bond acceptors (Lipinski definition) is 4. The van der Waals surface area contributed by atoms with E-state index in [2.05, 4.69) is 15.5 Å². The quantitative estimate of drug-likeness (QED) is 0.746. The Morgan fingerprint density at radius 1 is 1.09 bits per heavy atom. The molecule has 1 saturated heterocycles. The van der Waals surface area contributed by atoms with Crippen LogP contribution < -0.4 is 10.6 Å². The second-order valence-corrected chi connectivity index (χ2v) is 5.77. The summed E-state index contributed by atoms with van der Waals surface area (Å²) in [5.41, 5.74) is 1.10. The normalized spacial score (nSPS) is 15.4. The predicted molar refractivity (Wildman–Crippen MR) is 89.9 cm³/mol. The van der Waals surface area contributed by atoms with Crippen LogP contribution in [0.3, 0.4) is 0 Å². The van der Waals surface area contributed by atoms with Gasteiger partial charge in [0.25, 0.3) is 0 Å². The molecule has 0 spiro atoms. The highest BCUT2D eigenvalue weighted by molar-refractivity contribution is 5.78. The van der Waals surface area contributed by atoms with E-state index in [1.165, 1.54) is 0 Å². The van der Waals surface area contributed by atoms with Crippen molar-refractivity contribution in [1.29, 1.82) is 0 Å². The molecule has 2 N–H and O–H groups in total. The lowest BCUT2D eigenvalue weighted by atomic mass is 10.2. The van der Waals surface area contributed by atoms with Crippen LogP contribution in [0.25, 0.3) is 0 Å². The summed E-state index contributed by atoms with van der Waals surface area (Å²) in [6.45, 7) is 4.57. The Morgan fingerprint density at radius 2 is 1.78 bits per heavy atom. The topological polar surface area (TPSA) is 64.7 Å². The van der Waals surface area contributed by atoms with Gasteiger partial charge >= 0.3 is 0 Å². The number of hydrogen-bond donors (Lipinski definition) is 2. The van der Waals surface area contributed by atoms with Crippen LogP contribution in [0.15, 0.2) is 30.3 Å². The molecule has 0 atom stereocenters. The van der Waals surface area contributed by atoms with Gasteiger partial charge in [0.15, 0.2) is 0 Å². The van der Waals surface area contributed by atoms with E-state index in [1.807, 2.05) is 42.3 Å². The summed E-state index contributed by atoms with van der Waals surface area (Å²) < 4.78 is 0. The fourth-order valence-electron chi connectivity index (χ4n) is 2.60. The van der Waals surface area contributed by atoms with Gasteiger partial charge in [-0.2, -0.15) is 0 Å². The van der Waals surface area contributed by atoms with E-state index in [1.54, 1.807) is 0 Å². The molecule has 1 aliphatic heterocycles. The van der Waals surface area contributed by atoms with E-state index < -0.39 is 0 Å². The molecule has 1 heterocycles. The minimum Gasteiger partial charge on any atom is -0.351 e. The van der Waals surface area contributed by atoms with Crippen molar-refractivity contribution >= 4 is 11.8 Å². The Balaban J connectivity index is 1.65. The molecule has 0 aliphatic carbocycles. The first-order valence-electron chi connectivity index (χ1n) is 8.14. The molecule has 1 fully saturated rings. The van der Waals surface area contributed by atoms with Crippen LogP contribution in [0.2, 0.25) is 0 Å². The zero-order chi connectivity index (χ0) is 16.5. The van der Waals surface area contributed by atoms with Gasteiger partial charge in [0.2, 0.25) is 11.8 Å². The molecule has 1 aliphatic rings. The lowest BCUT2D eigenvalue weighted by Crippen LogP contribution is -2.51. The molecule has 1 aromatic rings. The Morgan fingerprint density at radius 3 is 2.43 bits per heavy atom. The predicted octanol–water partition coefficient (Wildman–Crippen LogP) is 0.0565. The first-order chi connectivity index (χ1) is 11.2. The fourth-order valence-corrected chi connectivity index (χ4v) is 2.60. The zero-order valence-corrected chi connectivity index (χ0v) is 13.8. The van der Waals surface area contributed by atoms with E-state index >= 15 is 0 Å². The van der Waals surface area contributed by atoms with Gasteiger partial charge in [-0.3, -0.25) is 14.5 Å². The van der Waals surface area contributed by atoms with Crippen molar-refractivity contribution in [3.63, 3.8) is 0 Å². The number of benzene rings is 1. The van der Waals surface area contributed by atoms with Gasteiger partial charge in [-0.15, -0.1) is 0 Å². The number of nitrogens with zero attached hydrogens (tertiary/aromatic N) is 2. The molecule has 0 aromatic heterocycles. The third kappa shape index (κ3) is 6.00. The van der Waals surface area contributed by atoms with Crippen molar-refractivity contribution in [1.82, 2.24) is 20.4 Å². The highest BCUT2D eigenvalue weighted by Gasteiger charge is 2.21. The fraction of sp³-hybridized carbons (Fsp3) is 0.529. The van der Waals surface area contributed by atoms with Crippen molar-refractivity contribution < 1.29 is 9.59 Å². The van der Waals surface area contributed by atoms with Gasteiger partial charge in [0, 0.05) is 45.7 Å². The lowest BCUT2D eigenvalue weighted by molar-refractivity contribution is -0.133. The Hall–Kier alpha value is -1.92. The van der Waals surface area contributed by atoms with Crippen LogP contribution in [0.4, 0.5) is 0 Å². The van der Waals surface area contributed by atoms with Crippen LogP contribution in [0.5, 0.6) is 0 Å². The Labute approximate surface area is 137 Å². The number of amides is 2. The van der Waals surface area contributed by atoms with Crippen molar-refractivity contribution in [2.24, 2.45) is 0 Å². The summed E-state index contributed by atoms with van der Waals surface area (Å²) in [5.74, 6) is 0.219. The smallest absolute Gasteiger partial charge is 0.234 e. The van der Waals surface area contributed by atoms with Crippen molar-refractivity contribution in [3.05, 3.63) is 35.9 Å². The second kappa shape index (κ2) is 9.27. The van der Waals surface area contributed by atoms with Crippen molar-refractivity contribution in [3.8, 4) is 0 Å². The molecular formula is C17H26N4O2. The number of carbonyl (C=O) groups is 2. The van der Waals surface area contributed by atoms with Crippen molar-refractivity contribution in [2.45, 2.75) is 13.0 Å². The number of carbonyl (C=O) groups excluding carboxylic acids is 2. The third-order valence-corrected chi connectivity index (χ3v) is 4.01. The summed E-state index contributed by atoms with van der Waals surface area (Å²) in [6.07, 6.45) is 0.536. The zero-order valence-electron chi connectivity index (χ0n) is 13.8. The molecule has 2 rings (SSSR count). The maximum atomic E-state index is 12.0. The highest BCUT2D eigenvalue weighted by Crippen LogP contribution is 2.04. The van der Waals surface area contributed by atoms with Gasteiger partial charge in [-0.1, -0.05) is 30.3 Å². The molecule has 126 valence electrons. The monoisotopic (exact) mass is 318 g/mol. The maximum Gasteiger partial charge on any atom is 0.234 e. The van der Waals surface area contributed by atoms with E-state index in [0.29, 0.717) is 39.1 Å². The lowest BCUT2D eigenvalue weighted by Gasteiger charge is -2.34. The molecule has 0 saturated carbocycles. The molecular weight excluding hydrogens is 292 g/mol. The van der Waals surface area contributed by atoms with E-state index in [4.69, 9.17) is 0 Å². The highest BCUT2D eigenvalue weighted by atomic mass is 16.2. The van der Waals surface area contributed by atoms with Gasteiger partial charge in [-0.25, -0.2) is 0 Å². The van der Waals surface area contributed by atoms with Gasteiger partial charge in [0.1, 0.15) is 0 Å². The first-order valence-corrected chi connectivity index (χ1v) is 8.14. The molecule has 0 bridgehead atoms. The molecule has 1 aromatic carbocycles. The van der Waals surface area contributed by atoms with Crippen LogP contribution in [0, 0.1) is 0 Å². The molecule has 2 amide bonds. The maximum absolute atomic E-state index is 12.0. The average molecular weight is 318 g/mol. The van der Waals surface area contributed by atoms with E-state index in [0.717, 1.165) is 18.7 Å². The number of rotatable bonds is 7. The standard InChI is InChI=1S/C17H26N4O2/c1-18-8-7-17(23)21-11-9-20(10-12-21)14-16(22)19-13-15-5-3-2-4-6-15/h2-6,18H,7-14H2,1H3,(H,19,22). The summed E-state index contributed by atoms with van der Waals surface area (Å²) in [7, 11) is 1.85. The van der Waals surface area contributed by atoms with Crippen molar-refractivity contribution in [2.75, 3.05) is 46.3 Å². The summed E-state index contributed by atoms with van der Waals surface area (Å²) in [5, 5.41) is 5.93. The number of nitrogens with one attached hydrogen (secondary N) is 2. The Bertz CT molecular complexity index is 499. The third-order valence-electron chi connectivity index (χ3n) is 4.01. The summed E-state index contributed by atoms with van der Waals surface area (Å²) >= 11 is 0. The van der Waals surface area contributed by atoms with E-state index in [9.17, 15) is 9.59 Å². The van der Waals surface area contributed by atoms with Gasteiger partial charge in [-0.05, 0) is 12.6 Å². The van der Waals surface area contributed by atoms with Crippen LogP contribution in [0.1, 0.15) is 12.0 Å². The summed E-state index contributed by atoms with van der Waals surface area (Å²) in [4.78, 5) is 27.9. The van der Waals surface area contributed by atoms with Crippen LogP contribution in [-0.4, -0.2) is 67.9 Å². The largest absolute Gasteiger partial charge is 0.351 e. The molecule has 0 radical (unpaired) electrons. The molecule has 6 heteroatoms. The SMILES string of the molecule is CNCCC(=O)N1CCN(CC(=O)NCc2ccccc2)CC1. The van der Waals surface area contributed by atoms with Gasteiger partial charge < -0.3 is 15.5 Å². The second-order valence-electron chi connectivity index (χ2n) is 5.77. The van der Waals surface area contributed by atoms with Crippen LogP contribution in [-0.2, 0) is 16.1 Å².